The Kier molecular flexibility index (Phi) is 11.2. The number of hydrogen-bond donors (Lipinski definition) is 3. The molecule has 1 rings (SSSR count). The van der Waals surface area contributed by atoms with Gasteiger partial charge in [0.25, 0.3) is 5.91 Å². The van der Waals surface area contributed by atoms with Crippen molar-refractivity contribution in [3.8, 4) is 0 Å². The zero-order chi connectivity index (χ0) is 19.7. The van der Waals surface area contributed by atoms with Crippen molar-refractivity contribution >= 4 is 34.3 Å². The fourth-order valence-corrected chi connectivity index (χ4v) is 3.55. The SMILES string of the molecule is CCCN(CCC)C(=O)c1cc(C(=O)O)cc(S(=O)(=O)NCCCO)c1.Cl. The van der Waals surface area contributed by atoms with Crippen LogP contribution in [0, 0.1) is 0 Å². The second kappa shape index (κ2) is 11.9. The molecule has 0 saturated heterocycles. The van der Waals surface area contributed by atoms with Gasteiger partial charge < -0.3 is 15.1 Å². The molecule has 0 atom stereocenters. The minimum Gasteiger partial charge on any atom is -0.478 e. The first-order valence-electron chi connectivity index (χ1n) is 8.55. The second-order valence-corrected chi connectivity index (χ2v) is 7.59. The van der Waals surface area contributed by atoms with Crippen molar-refractivity contribution in [1.29, 1.82) is 0 Å². The number of nitrogens with zero attached hydrogens (tertiary/aromatic N) is 1. The highest BCUT2D eigenvalue weighted by molar-refractivity contribution is 7.89. The van der Waals surface area contributed by atoms with E-state index in [1.807, 2.05) is 13.8 Å². The van der Waals surface area contributed by atoms with Crippen LogP contribution in [0.5, 0.6) is 0 Å². The number of carbonyl (C=O) groups is 2. The fraction of sp³-hybridized carbons (Fsp3) is 0.529. The van der Waals surface area contributed by atoms with E-state index in [4.69, 9.17) is 5.11 Å². The van der Waals surface area contributed by atoms with E-state index in [0.717, 1.165) is 18.9 Å². The number of rotatable bonds is 11. The van der Waals surface area contributed by atoms with Crippen molar-refractivity contribution in [2.24, 2.45) is 0 Å². The maximum Gasteiger partial charge on any atom is 0.335 e. The summed E-state index contributed by atoms with van der Waals surface area (Å²) < 4.78 is 27.0. The average molecular weight is 423 g/mol. The summed E-state index contributed by atoms with van der Waals surface area (Å²) >= 11 is 0. The molecule has 0 bridgehead atoms. The van der Waals surface area contributed by atoms with Crippen LogP contribution < -0.4 is 4.72 Å². The summed E-state index contributed by atoms with van der Waals surface area (Å²) in [6.45, 7) is 4.68. The Balaban J connectivity index is 0.00000676. The minimum absolute atomic E-state index is 0. The Morgan fingerprint density at radius 3 is 2.11 bits per heavy atom. The van der Waals surface area contributed by atoms with Crippen LogP contribution in [0.15, 0.2) is 23.1 Å². The van der Waals surface area contributed by atoms with Gasteiger partial charge in [-0.3, -0.25) is 4.79 Å². The van der Waals surface area contributed by atoms with E-state index < -0.39 is 21.9 Å². The molecule has 27 heavy (non-hydrogen) atoms. The molecule has 0 aliphatic carbocycles. The number of aliphatic hydroxyl groups excluding tert-OH is 1. The minimum atomic E-state index is -3.99. The van der Waals surface area contributed by atoms with Crippen LogP contribution in [0.4, 0.5) is 0 Å². The quantitative estimate of drug-likeness (QED) is 0.466. The number of carboxylic acid groups (broad SMARTS) is 1. The lowest BCUT2D eigenvalue weighted by Gasteiger charge is -2.22. The van der Waals surface area contributed by atoms with Crippen LogP contribution in [0.3, 0.4) is 0 Å². The number of halogens is 1. The van der Waals surface area contributed by atoms with E-state index >= 15 is 0 Å². The molecule has 0 aromatic heterocycles. The van der Waals surface area contributed by atoms with Gasteiger partial charge in [-0.05, 0) is 37.5 Å². The highest BCUT2D eigenvalue weighted by atomic mass is 35.5. The lowest BCUT2D eigenvalue weighted by atomic mass is 10.1. The molecule has 1 amide bonds. The number of nitrogens with one attached hydrogen (secondary N) is 1. The van der Waals surface area contributed by atoms with Gasteiger partial charge in [0, 0.05) is 31.8 Å². The van der Waals surface area contributed by atoms with Gasteiger partial charge >= 0.3 is 5.97 Å². The Hall–Kier alpha value is -1.68. The Labute approximate surface area is 166 Å². The molecule has 10 heteroatoms. The fourth-order valence-electron chi connectivity index (χ4n) is 2.41. The number of amides is 1. The zero-order valence-electron chi connectivity index (χ0n) is 15.5. The molecule has 8 nitrogen and oxygen atoms in total. The molecular formula is C17H27ClN2O6S. The van der Waals surface area contributed by atoms with Gasteiger partial charge in [0.2, 0.25) is 10.0 Å². The van der Waals surface area contributed by atoms with Gasteiger partial charge in [0.15, 0.2) is 0 Å². The lowest BCUT2D eigenvalue weighted by molar-refractivity contribution is 0.0696. The highest BCUT2D eigenvalue weighted by Crippen LogP contribution is 2.18. The highest BCUT2D eigenvalue weighted by Gasteiger charge is 2.22. The van der Waals surface area contributed by atoms with E-state index in [9.17, 15) is 23.1 Å². The number of aromatic carboxylic acids is 1. The smallest absolute Gasteiger partial charge is 0.335 e. The van der Waals surface area contributed by atoms with E-state index in [-0.39, 0.29) is 48.0 Å². The Morgan fingerprint density at radius 2 is 1.63 bits per heavy atom. The number of carbonyl (C=O) groups excluding carboxylic acids is 1. The molecule has 0 aliphatic heterocycles. The predicted molar refractivity (Wildman–Crippen MR) is 104 cm³/mol. The summed E-state index contributed by atoms with van der Waals surface area (Å²) in [5, 5.41) is 18.0. The second-order valence-electron chi connectivity index (χ2n) is 5.82. The molecule has 1 aromatic rings. The molecule has 0 heterocycles. The molecule has 0 aliphatic rings. The van der Waals surface area contributed by atoms with Crippen LogP contribution >= 0.6 is 12.4 Å². The Bertz CT molecular complexity index is 733. The molecule has 0 radical (unpaired) electrons. The van der Waals surface area contributed by atoms with Crippen LogP contribution in [0.25, 0.3) is 0 Å². The Morgan fingerprint density at radius 1 is 1.07 bits per heavy atom. The van der Waals surface area contributed by atoms with E-state index in [1.165, 1.54) is 12.1 Å². The van der Waals surface area contributed by atoms with Crippen LogP contribution in [-0.4, -0.2) is 61.6 Å². The largest absolute Gasteiger partial charge is 0.478 e. The third-order valence-electron chi connectivity index (χ3n) is 3.61. The van der Waals surface area contributed by atoms with Gasteiger partial charge in [-0.1, -0.05) is 13.8 Å². The number of benzene rings is 1. The molecule has 0 fully saturated rings. The van der Waals surface area contributed by atoms with E-state index in [1.54, 1.807) is 4.90 Å². The summed E-state index contributed by atoms with van der Waals surface area (Å²) in [5.74, 6) is -1.72. The van der Waals surface area contributed by atoms with Crippen molar-refractivity contribution in [2.75, 3.05) is 26.2 Å². The van der Waals surface area contributed by atoms with Crippen molar-refractivity contribution in [3.63, 3.8) is 0 Å². The standard InChI is InChI=1S/C17H26N2O6S.ClH/c1-3-7-19(8-4-2)16(21)13-10-14(17(22)23)12-15(11-13)26(24,25)18-6-5-9-20;/h10-12,18,20H,3-9H2,1-2H3,(H,22,23);1H. The first-order valence-corrected chi connectivity index (χ1v) is 10.0. The summed E-state index contributed by atoms with van der Waals surface area (Å²) in [4.78, 5) is 25.4. The summed E-state index contributed by atoms with van der Waals surface area (Å²) in [6, 6.07) is 3.40. The van der Waals surface area contributed by atoms with Gasteiger partial charge in [-0.2, -0.15) is 0 Å². The van der Waals surface area contributed by atoms with Crippen molar-refractivity contribution < 1.29 is 28.2 Å². The van der Waals surface area contributed by atoms with Gasteiger partial charge in [-0.15, -0.1) is 12.4 Å². The summed E-state index contributed by atoms with van der Waals surface area (Å²) in [7, 11) is -3.99. The molecule has 1 aromatic carbocycles. The summed E-state index contributed by atoms with van der Waals surface area (Å²) in [5.41, 5.74) is -0.249. The average Bonchev–Trinajstić information content (AvgIpc) is 2.60. The maximum absolute atomic E-state index is 12.7. The van der Waals surface area contributed by atoms with Crippen molar-refractivity contribution in [2.45, 2.75) is 38.0 Å². The van der Waals surface area contributed by atoms with E-state index in [2.05, 4.69) is 4.72 Å². The molecular weight excluding hydrogens is 396 g/mol. The third-order valence-corrected chi connectivity index (χ3v) is 5.05. The first kappa shape index (κ1) is 25.3. The number of carboxylic acids is 1. The predicted octanol–water partition coefficient (Wildman–Crippen LogP) is 1.73. The third kappa shape index (κ3) is 7.45. The van der Waals surface area contributed by atoms with Gasteiger partial charge in [0.05, 0.1) is 10.5 Å². The number of sulfonamides is 1. The number of aliphatic hydroxyl groups is 1. The van der Waals surface area contributed by atoms with Gasteiger partial charge in [-0.25, -0.2) is 17.9 Å². The topological polar surface area (TPSA) is 124 Å². The molecule has 3 N–H and O–H groups in total. The van der Waals surface area contributed by atoms with E-state index in [0.29, 0.717) is 13.1 Å². The molecule has 0 spiro atoms. The summed E-state index contributed by atoms with van der Waals surface area (Å²) in [6.07, 6.45) is 1.70. The molecule has 0 unspecified atom stereocenters. The monoisotopic (exact) mass is 422 g/mol. The van der Waals surface area contributed by atoms with Crippen molar-refractivity contribution in [1.82, 2.24) is 9.62 Å². The molecule has 154 valence electrons. The lowest BCUT2D eigenvalue weighted by Crippen LogP contribution is -2.33. The number of hydrogen-bond acceptors (Lipinski definition) is 5. The van der Waals surface area contributed by atoms with Crippen molar-refractivity contribution in [3.05, 3.63) is 29.3 Å². The first-order chi connectivity index (χ1) is 12.3. The van der Waals surface area contributed by atoms with Crippen LogP contribution in [0.2, 0.25) is 0 Å². The maximum atomic E-state index is 12.7. The molecule has 0 saturated carbocycles. The zero-order valence-corrected chi connectivity index (χ0v) is 17.1. The normalized spacial score (nSPS) is 10.9. The van der Waals surface area contributed by atoms with Gasteiger partial charge in [0.1, 0.15) is 0 Å². The van der Waals surface area contributed by atoms with Crippen LogP contribution in [0.1, 0.15) is 53.8 Å². The van der Waals surface area contributed by atoms with Crippen LogP contribution in [-0.2, 0) is 10.0 Å².